The van der Waals surface area contributed by atoms with Crippen LogP contribution >= 0.6 is 0 Å². The fraction of sp³-hybridized carbons (Fsp3) is 0.871. The molecule has 0 aromatic heterocycles. The third-order valence-electron chi connectivity index (χ3n) is 12.3. The third-order valence-corrected chi connectivity index (χ3v) is 12.3. The zero-order valence-electron chi connectivity index (χ0n) is 23.6. The molecule has 4 nitrogen and oxygen atoms in total. The van der Waals surface area contributed by atoms with E-state index in [1.54, 1.807) is 5.57 Å². The van der Waals surface area contributed by atoms with Crippen LogP contribution in [0.2, 0.25) is 0 Å². The van der Waals surface area contributed by atoms with Gasteiger partial charge in [0.05, 0.1) is 12.6 Å². The van der Waals surface area contributed by atoms with Gasteiger partial charge in [-0.15, -0.1) is 0 Å². The average molecular weight is 485 g/mol. The number of allylic oxidation sites excluding steroid dienone is 3. The van der Waals surface area contributed by atoms with Gasteiger partial charge in [-0.25, -0.2) is 0 Å². The molecule has 4 aliphatic carbocycles. The second-order valence-corrected chi connectivity index (χ2v) is 14.2. The number of quaternary nitrogens is 1. The van der Waals surface area contributed by atoms with E-state index < -0.39 is 0 Å². The smallest absolute Gasteiger partial charge is 0.109 e. The van der Waals surface area contributed by atoms with E-state index >= 15 is 0 Å². The van der Waals surface area contributed by atoms with Crippen molar-refractivity contribution in [3.63, 3.8) is 0 Å². The van der Waals surface area contributed by atoms with Crippen LogP contribution in [-0.2, 0) is 0 Å². The lowest BCUT2D eigenvalue weighted by atomic mass is 9.47. The van der Waals surface area contributed by atoms with Crippen molar-refractivity contribution >= 4 is 0 Å². The van der Waals surface area contributed by atoms with E-state index in [2.05, 4.69) is 59.7 Å². The molecule has 0 spiro atoms. The van der Waals surface area contributed by atoms with Gasteiger partial charge < -0.3 is 20.3 Å². The first kappa shape index (κ1) is 25.9. The zero-order valence-corrected chi connectivity index (χ0v) is 23.6. The normalized spacial score (nSPS) is 48.3. The number of aliphatic hydroxyl groups excluding tert-OH is 1. The minimum Gasteiger partial charge on any atom is -0.634 e. The number of hydroxylamine groups is 2. The Morgan fingerprint density at radius 3 is 2.49 bits per heavy atom. The molecule has 1 aliphatic heterocycles. The molecule has 198 valence electrons. The largest absolute Gasteiger partial charge is 0.634 e. The first-order chi connectivity index (χ1) is 16.5. The second kappa shape index (κ2) is 9.26. The summed E-state index contributed by atoms with van der Waals surface area (Å²) in [5, 5.41) is 24.6. The highest BCUT2D eigenvalue weighted by atomic mass is 16.5. The van der Waals surface area contributed by atoms with Crippen molar-refractivity contribution in [2.45, 2.75) is 111 Å². The van der Waals surface area contributed by atoms with Gasteiger partial charge in [0, 0.05) is 18.9 Å². The van der Waals surface area contributed by atoms with Crippen LogP contribution < -0.4 is 5.06 Å². The molecule has 6 unspecified atom stereocenters. The second-order valence-electron chi connectivity index (χ2n) is 14.2. The summed E-state index contributed by atoms with van der Waals surface area (Å²) in [4.78, 5) is 2.25. The molecule has 1 heterocycles. The van der Waals surface area contributed by atoms with Crippen molar-refractivity contribution in [2.75, 3.05) is 20.6 Å². The lowest BCUT2D eigenvalue weighted by Crippen LogP contribution is -3.09. The number of nitrogens with one attached hydrogen (secondary N) is 1. The van der Waals surface area contributed by atoms with Crippen molar-refractivity contribution in [1.29, 1.82) is 0 Å². The molecular weight excluding hydrogens is 432 g/mol. The maximum absolute atomic E-state index is 12.8. The first-order valence-corrected chi connectivity index (χ1v) is 14.7. The maximum atomic E-state index is 12.8. The summed E-state index contributed by atoms with van der Waals surface area (Å²) in [7, 11) is 4.26. The predicted molar refractivity (Wildman–Crippen MR) is 144 cm³/mol. The first-order valence-electron chi connectivity index (χ1n) is 14.7. The maximum Gasteiger partial charge on any atom is 0.109 e. The minimum atomic E-state index is -0.209. The molecule has 0 radical (unpaired) electrons. The average Bonchev–Trinajstić information content (AvgIpc) is 3.33. The van der Waals surface area contributed by atoms with Crippen LogP contribution in [0.25, 0.3) is 0 Å². The molecule has 35 heavy (non-hydrogen) atoms. The summed E-state index contributed by atoms with van der Waals surface area (Å²) in [5.41, 5.74) is 5.22. The van der Waals surface area contributed by atoms with E-state index in [1.807, 2.05) is 0 Å². The minimum absolute atomic E-state index is 0.191. The Hall–Kier alpha value is -0.680. The highest BCUT2D eigenvalue weighted by Gasteiger charge is 2.60. The predicted octanol–water partition coefficient (Wildman–Crippen LogP) is 4.98. The Balaban J connectivity index is 1.36. The van der Waals surface area contributed by atoms with E-state index in [0.717, 1.165) is 38.1 Å². The molecule has 0 amide bonds. The quantitative estimate of drug-likeness (QED) is 0.437. The van der Waals surface area contributed by atoms with Crippen molar-refractivity contribution in [1.82, 2.24) is 4.90 Å². The number of hydrogen-bond donors (Lipinski definition) is 2. The van der Waals surface area contributed by atoms with Gasteiger partial charge in [0.2, 0.25) is 0 Å². The molecule has 2 N–H and O–H groups in total. The Morgan fingerprint density at radius 1 is 1.11 bits per heavy atom. The molecule has 11 atom stereocenters. The highest BCUT2D eigenvalue weighted by molar-refractivity contribution is 5.28. The molecular formula is C31H52N2O2. The topological polar surface area (TPSA) is 51.0 Å². The van der Waals surface area contributed by atoms with Gasteiger partial charge in [0.1, 0.15) is 6.04 Å². The van der Waals surface area contributed by atoms with Gasteiger partial charge in [-0.3, -0.25) is 0 Å². The Bertz CT molecular complexity index is 875. The number of hydrogen-bond acceptors (Lipinski definition) is 3. The summed E-state index contributed by atoms with van der Waals surface area (Å²) in [6, 6.07) is 0.494. The van der Waals surface area contributed by atoms with Crippen molar-refractivity contribution < 1.29 is 10.2 Å². The van der Waals surface area contributed by atoms with Crippen LogP contribution in [0.3, 0.4) is 0 Å². The molecule has 3 saturated carbocycles. The summed E-state index contributed by atoms with van der Waals surface area (Å²) < 4.78 is 0. The summed E-state index contributed by atoms with van der Waals surface area (Å²) >= 11 is 0. The van der Waals surface area contributed by atoms with Gasteiger partial charge in [0.25, 0.3) is 0 Å². The molecule has 5 rings (SSSR count). The lowest BCUT2D eigenvalue weighted by molar-refractivity contribution is -0.858. The Morgan fingerprint density at radius 2 is 1.80 bits per heavy atom. The number of likely N-dealkylation sites (N-methyl/N-ethyl adjacent to an activating group) is 1. The zero-order chi connectivity index (χ0) is 25.3. The standard InChI is InChI=1S/C31H52N2O2/c1-19(2)21-14-17-33(35)28(21)18-20(3)23-10-11-24-22-8-9-26-29(34)27(32(6)7)13-16-31(26,5)25(22)12-15-30(23,24)4/h8,20,23-29,33-34H,9-18H2,1-7H3/t20?,23-,24?,25?,26?,27+,28?,29-,30-,31-/m1/s1. The van der Waals surface area contributed by atoms with E-state index in [-0.39, 0.29) is 17.6 Å². The van der Waals surface area contributed by atoms with E-state index in [9.17, 15) is 10.3 Å². The van der Waals surface area contributed by atoms with Crippen LogP contribution in [0, 0.1) is 45.6 Å². The van der Waals surface area contributed by atoms with Crippen molar-refractivity contribution in [3.05, 3.63) is 28.0 Å². The van der Waals surface area contributed by atoms with E-state index in [0.29, 0.717) is 40.2 Å². The fourth-order valence-electron chi connectivity index (χ4n) is 10.3. The van der Waals surface area contributed by atoms with Crippen LogP contribution in [0.1, 0.15) is 92.4 Å². The molecule has 4 heteroatoms. The summed E-state index contributed by atoms with van der Waals surface area (Å²) in [6.45, 7) is 12.8. The van der Waals surface area contributed by atoms with Gasteiger partial charge in [0.15, 0.2) is 0 Å². The number of aliphatic hydroxyl groups is 1. The van der Waals surface area contributed by atoms with E-state index in [4.69, 9.17) is 0 Å². The SMILES string of the molecule is CC(C)=C1CC[NH+]([O-])C1CC(C)[C@H]1CCC2C3=CCC4[C@@H](O)[C@@H](N(C)C)CC[C@]4(C)C3CC[C@@]21C. The van der Waals surface area contributed by atoms with Crippen LogP contribution in [0.4, 0.5) is 0 Å². The molecule has 4 fully saturated rings. The van der Waals surface area contributed by atoms with Crippen molar-refractivity contribution in [2.24, 2.45) is 40.4 Å². The molecule has 0 bridgehead atoms. The number of rotatable bonds is 4. The third kappa shape index (κ3) is 4.01. The van der Waals surface area contributed by atoms with E-state index in [1.165, 1.54) is 43.3 Å². The van der Waals surface area contributed by atoms with Gasteiger partial charge in [-0.1, -0.05) is 38.0 Å². The molecule has 0 aromatic carbocycles. The van der Waals surface area contributed by atoms with Crippen LogP contribution in [-0.4, -0.2) is 48.8 Å². The monoisotopic (exact) mass is 484 g/mol. The number of nitrogens with zero attached hydrogens (tertiary/aromatic N) is 1. The molecule has 5 aliphatic rings. The van der Waals surface area contributed by atoms with Crippen LogP contribution in [0.5, 0.6) is 0 Å². The van der Waals surface area contributed by atoms with Gasteiger partial charge >= 0.3 is 0 Å². The number of fused-ring (bicyclic) bond motifs is 5. The molecule has 1 saturated heterocycles. The summed E-state index contributed by atoms with van der Waals surface area (Å²) in [6.07, 6.45) is 13.1. The van der Waals surface area contributed by atoms with Gasteiger partial charge in [-0.2, -0.15) is 0 Å². The fourth-order valence-corrected chi connectivity index (χ4v) is 10.3. The van der Waals surface area contributed by atoms with Crippen molar-refractivity contribution in [3.8, 4) is 0 Å². The molecule has 0 aromatic rings. The Kier molecular flexibility index (Phi) is 6.86. The lowest BCUT2D eigenvalue weighted by Gasteiger charge is -2.59. The summed E-state index contributed by atoms with van der Waals surface area (Å²) in [5.74, 6) is 3.08. The Labute approximate surface area is 214 Å². The highest BCUT2D eigenvalue weighted by Crippen LogP contribution is 2.67. The van der Waals surface area contributed by atoms with Crippen LogP contribution in [0.15, 0.2) is 22.8 Å². The van der Waals surface area contributed by atoms with Gasteiger partial charge in [-0.05, 0) is 119 Å².